The quantitative estimate of drug-likeness (QED) is 0.829. The minimum atomic E-state index is 0.226. The SMILES string of the molecule is Clc1cccc(C(CNc2ccnc(Cl)c2)N2CCOCC2)c1. The first-order chi connectivity index (χ1) is 11.2. The van der Waals surface area contributed by atoms with Crippen molar-refractivity contribution in [3.8, 4) is 0 Å². The fourth-order valence-corrected chi connectivity index (χ4v) is 3.16. The zero-order chi connectivity index (χ0) is 16.1. The van der Waals surface area contributed by atoms with Crippen LogP contribution in [0, 0.1) is 0 Å². The molecule has 1 aromatic carbocycles. The number of nitrogens with one attached hydrogen (secondary N) is 1. The Balaban J connectivity index is 1.77. The molecule has 0 spiro atoms. The minimum Gasteiger partial charge on any atom is -0.383 e. The number of nitrogens with zero attached hydrogens (tertiary/aromatic N) is 2. The smallest absolute Gasteiger partial charge is 0.131 e. The number of morpholine rings is 1. The van der Waals surface area contributed by atoms with Crippen LogP contribution in [0.2, 0.25) is 10.2 Å². The molecule has 1 fully saturated rings. The summed E-state index contributed by atoms with van der Waals surface area (Å²) in [6.45, 7) is 4.11. The number of rotatable bonds is 5. The highest BCUT2D eigenvalue weighted by Crippen LogP contribution is 2.25. The van der Waals surface area contributed by atoms with Crippen molar-refractivity contribution in [2.45, 2.75) is 6.04 Å². The van der Waals surface area contributed by atoms with E-state index in [0.717, 1.165) is 43.6 Å². The minimum absolute atomic E-state index is 0.226. The molecular formula is C17H19Cl2N3O. The van der Waals surface area contributed by atoms with Gasteiger partial charge in [0.05, 0.1) is 19.3 Å². The maximum Gasteiger partial charge on any atom is 0.131 e. The highest BCUT2D eigenvalue weighted by molar-refractivity contribution is 6.30. The van der Waals surface area contributed by atoms with Gasteiger partial charge in [-0.1, -0.05) is 35.3 Å². The highest BCUT2D eigenvalue weighted by atomic mass is 35.5. The fraction of sp³-hybridized carbons (Fsp3) is 0.353. The standard InChI is InChI=1S/C17H19Cl2N3O/c18-14-3-1-2-13(10-14)16(22-6-8-23-9-7-22)12-21-15-4-5-20-17(19)11-15/h1-5,10-11,16H,6-9,12H2,(H,20,21). The lowest BCUT2D eigenvalue weighted by molar-refractivity contribution is 0.0187. The first-order valence-corrected chi connectivity index (χ1v) is 8.40. The number of benzene rings is 1. The lowest BCUT2D eigenvalue weighted by Gasteiger charge is -2.35. The van der Waals surface area contributed by atoms with Gasteiger partial charge in [0, 0.05) is 36.5 Å². The maximum atomic E-state index is 6.18. The van der Waals surface area contributed by atoms with Crippen molar-refractivity contribution in [2.24, 2.45) is 0 Å². The van der Waals surface area contributed by atoms with Crippen molar-refractivity contribution in [3.63, 3.8) is 0 Å². The largest absolute Gasteiger partial charge is 0.383 e. The van der Waals surface area contributed by atoms with Crippen LogP contribution in [0.4, 0.5) is 5.69 Å². The molecule has 1 aromatic heterocycles. The molecule has 0 bridgehead atoms. The van der Waals surface area contributed by atoms with Gasteiger partial charge in [-0.15, -0.1) is 0 Å². The summed E-state index contributed by atoms with van der Waals surface area (Å²) >= 11 is 12.1. The first-order valence-electron chi connectivity index (χ1n) is 7.65. The molecule has 0 radical (unpaired) electrons. The monoisotopic (exact) mass is 351 g/mol. The molecule has 2 aromatic rings. The number of anilines is 1. The topological polar surface area (TPSA) is 37.4 Å². The Hall–Kier alpha value is -1.33. The number of pyridine rings is 1. The second-order valence-electron chi connectivity index (χ2n) is 5.47. The van der Waals surface area contributed by atoms with E-state index < -0.39 is 0 Å². The third-order valence-electron chi connectivity index (χ3n) is 3.95. The van der Waals surface area contributed by atoms with E-state index in [2.05, 4.69) is 21.3 Å². The molecule has 1 aliphatic heterocycles. The summed E-state index contributed by atoms with van der Waals surface area (Å²) in [6.07, 6.45) is 1.70. The van der Waals surface area contributed by atoms with Gasteiger partial charge in [-0.2, -0.15) is 0 Å². The maximum absolute atomic E-state index is 6.18. The summed E-state index contributed by atoms with van der Waals surface area (Å²) in [6, 6.07) is 12.0. The molecule has 1 saturated heterocycles. The van der Waals surface area contributed by atoms with Gasteiger partial charge in [0.1, 0.15) is 5.15 Å². The van der Waals surface area contributed by atoms with Gasteiger partial charge in [0.15, 0.2) is 0 Å². The Kier molecular flexibility index (Phi) is 5.73. The molecule has 122 valence electrons. The zero-order valence-electron chi connectivity index (χ0n) is 12.7. The normalized spacial score (nSPS) is 17.0. The summed E-state index contributed by atoms with van der Waals surface area (Å²) in [5.74, 6) is 0. The Morgan fingerprint density at radius 2 is 2.00 bits per heavy atom. The third kappa shape index (κ3) is 4.58. The second kappa shape index (κ2) is 7.97. The molecule has 23 heavy (non-hydrogen) atoms. The van der Waals surface area contributed by atoms with Crippen LogP contribution >= 0.6 is 23.2 Å². The van der Waals surface area contributed by atoms with E-state index in [1.54, 1.807) is 6.20 Å². The molecular weight excluding hydrogens is 333 g/mol. The molecule has 1 atom stereocenters. The van der Waals surface area contributed by atoms with E-state index in [-0.39, 0.29) is 6.04 Å². The van der Waals surface area contributed by atoms with Crippen molar-refractivity contribution in [1.29, 1.82) is 0 Å². The second-order valence-corrected chi connectivity index (χ2v) is 6.29. The third-order valence-corrected chi connectivity index (χ3v) is 4.39. The molecule has 0 amide bonds. The van der Waals surface area contributed by atoms with Gasteiger partial charge in [-0.3, -0.25) is 4.90 Å². The highest BCUT2D eigenvalue weighted by Gasteiger charge is 2.22. The van der Waals surface area contributed by atoms with Crippen molar-refractivity contribution in [2.75, 3.05) is 38.2 Å². The number of aromatic nitrogens is 1. The number of hydrogen-bond acceptors (Lipinski definition) is 4. The lowest BCUT2D eigenvalue weighted by Crippen LogP contribution is -2.41. The zero-order valence-corrected chi connectivity index (χ0v) is 14.2. The molecule has 2 heterocycles. The molecule has 0 saturated carbocycles. The van der Waals surface area contributed by atoms with Crippen LogP contribution in [0.5, 0.6) is 0 Å². The van der Waals surface area contributed by atoms with Gasteiger partial charge in [0.25, 0.3) is 0 Å². The van der Waals surface area contributed by atoms with Crippen LogP contribution in [0.3, 0.4) is 0 Å². The Morgan fingerprint density at radius 1 is 1.17 bits per heavy atom. The first kappa shape index (κ1) is 16.5. The molecule has 3 rings (SSSR count). The molecule has 1 aliphatic rings. The fourth-order valence-electron chi connectivity index (χ4n) is 2.79. The van der Waals surface area contributed by atoms with Crippen molar-refractivity contribution in [3.05, 3.63) is 58.3 Å². The Labute approximate surface area is 146 Å². The van der Waals surface area contributed by atoms with Gasteiger partial charge in [-0.25, -0.2) is 4.98 Å². The van der Waals surface area contributed by atoms with Crippen LogP contribution in [0.15, 0.2) is 42.6 Å². The van der Waals surface area contributed by atoms with Crippen LogP contribution in [0.25, 0.3) is 0 Å². The summed E-state index contributed by atoms with van der Waals surface area (Å²) in [4.78, 5) is 6.43. The number of halogens is 2. The molecule has 6 heteroatoms. The van der Waals surface area contributed by atoms with Crippen LogP contribution < -0.4 is 5.32 Å². The predicted molar refractivity (Wildman–Crippen MR) is 94.3 cm³/mol. The van der Waals surface area contributed by atoms with E-state index in [1.807, 2.05) is 30.3 Å². The van der Waals surface area contributed by atoms with E-state index in [4.69, 9.17) is 27.9 Å². The van der Waals surface area contributed by atoms with Crippen molar-refractivity contribution < 1.29 is 4.74 Å². The van der Waals surface area contributed by atoms with E-state index in [1.165, 1.54) is 5.56 Å². The number of ether oxygens (including phenoxy) is 1. The predicted octanol–water partition coefficient (Wildman–Crippen LogP) is 3.87. The van der Waals surface area contributed by atoms with Gasteiger partial charge >= 0.3 is 0 Å². The van der Waals surface area contributed by atoms with Gasteiger partial charge < -0.3 is 10.1 Å². The van der Waals surface area contributed by atoms with E-state index >= 15 is 0 Å². The summed E-state index contributed by atoms with van der Waals surface area (Å²) < 4.78 is 5.47. The molecule has 1 unspecified atom stereocenters. The van der Waals surface area contributed by atoms with Crippen molar-refractivity contribution >= 4 is 28.9 Å². The average Bonchev–Trinajstić information content (AvgIpc) is 2.56. The molecule has 0 aliphatic carbocycles. The average molecular weight is 352 g/mol. The van der Waals surface area contributed by atoms with Crippen LogP contribution in [-0.2, 0) is 4.74 Å². The molecule has 4 nitrogen and oxygen atoms in total. The summed E-state index contributed by atoms with van der Waals surface area (Å²) in [5, 5.41) is 4.69. The van der Waals surface area contributed by atoms with Crippen LogP contribution in [0.1, 0.15) is 11.6 Å². The summed E-state index contributed by atoms with van der Waals surface area (Å²) in [7, 11) is 0. The summed E-state index contributed by atoms with van der Waals surface area (Å²) in [5.41, 5.74) is 2.16. The van der Waals surface area contributed by atoms with E-state index in [9.17, 15) is 0 Å². The van der Waals surface area contributed by atoms with E-state index in [0.29, 0.717) is 5.15 Å². The molecule has 1 N–H and O–H groups in total. The van der Waals surface area contributed by atoms with Gasteiger partial charge in [0.2, 0.25) is 0 Å². The number of hydrogen-bond donors (Lipinski definition) is 1. The Bertz CT molecular complexity index is 647. The van der Waals surface area contributed by atoms with Gasteiger partial charge in [-0.05, 0) is 29.8 Å². The van der Waals surface area contributed by atoms with Crippen LogP contribution in [-0.4, -0.2) is 42.7 Å². The Morgan fingerprint density at radius 3 is 2.74 bits per heavy atom. The van der Waals surface area contributed by atoms with Crippen molar-refractivity contribution in [1.82, 2.24) is 9.88 Å². The lowest BCUT2D eigenvalue weighted by atomic mass is 10.0.